The van der Waals surface area contributed by atoms with Gasteiger partial charge in [0, 0.05) is 12.8 Å². The smallest absolute Gasteiger partial charge is 0.341 e. The molecule has 1 aromatic carbocycles. The third-order valence-corrected chi connectivity index (χ3v) is 4.30. The monoisotopic (exact) mass is 341 g/mol. The highest BCUT2D eigenvalue weighted by molar-refractivity contribution is 6.32. The molecular formula is C16H20ClNO5. The fraction of sp³-hybridized carbons (Fsp3) is 0.500. The molecule has 2 N–H and O–H groups in total. The van der Waals surface area contributed by atoms with E-state index >= 15 is 0 Å². The number of carbonyl (C=O) groups excluding carboxylic acids is 1. The molecule has 6 nitrogen and oxygen atoms in total. The van der Waals surface area contributed by atoms with Crippen LogP contribution in [0.3, 0.4) is 0 Å². The van der Waals surface area contributed by atoms with Crippen LogP contribution in [0, 0.1) is 0 Å². The normalized spacial score (nSPS) is 16.6. The molecule has 0 aliphatic heterocycles. The summed E-state index contributed by atoms with van der Waals surface area (Å²) in [6.45, 7) is -0.474. The molecule has 126 valence electrons. The Morgan fingerprint density at radius 2 is 2.00 bits per heavy atom. The van der Waals surface area contributed by atoms with Crippen LogP contribution in [0.1, 0.15) is 32.1 Å². The van der Waals surface area contributed by atoms with Crippen molar-refractivity contribution in [2.45, 2.75) is 37.7 Å². The number of amides is 1. The van der Waals surface area contributed by atoms with Crippen molar-refractivity contribution in [1.82, 2.24) is 0 Å². The molecule has 0 atom stereocenters. The molecule has 2 rings (SSSR count). The van der Waals surface area contributed by atoms with Crippen molar-refractivity contribution in [1.29, 1.82) is 0 Å². The molecule has 7 heteroatoms. The van der Waals surface area contributed by atoms with Crippen LogP contribution in [0.5, 0.6) is 5.75 Å². The van der Waals surface area contributed by atoms with Crippen LogP contribution in [0.2, 0.25) is 5.02 Å². The summed E-state index contributed by atoms with van der Waals surface area (Å²) in [5.74, 6) is -1.01. The summed E-state index contributed by atoms with van der Waals surface area (Å²) in [4.78, 5) is 23.0. The molecule has 1 saturated carbocycles. The lowest BCUT2D eigenvalue weighted by molar-refractivity contribution is -0.141. The van der Waals surface area contributed by atoms with Gasteiger partial charge in [0.25, 0.3) is 5.91 Å². The molecule has 23 heavy (non-hydrogen) atoms. The number of anilines is 1. The van der Waals surface area contributed by atoms with Gasteiger partial charge in [0.05, 0.1) is 5.02 Å². The number of halogens is 1. The average Bonchev–Trinajstić information content (AvgIpc) is 2.54. The zero-order chi connectivity index (χ0) is 16.9. The molecule has 1 aliphatic carbocycles. The molecule has 0 heterocycles. The highest BCUT2D eigenvalue weighted by atomic mass is 35.5. The molecule has 1 aliphatic rings. The molecule has 0 spiro atoms. The van der Waals surface area contributed by atoms with Gasteiger partial charge in [-0.05, 0) is 31.0 Å². The van der Waals surface area contributed by atoms with Crippen LogP contribution in [-0.2, 0) is 14.3 Å². The maximum Gasteiger partial charge on any atom is 0.341 e. The minimum absolute atomic E-state index is 0.185. The van der Waals surface area contributed by atoms with Gasteiger partial charge in [0.15, 0.2) is 6.61 Å². The van der Waals surface area contributed by atoms with E-state index in [0.717, 1.165) is 19.3 Å². The minimum atomic E-state index is -1.09. The van der Waals surface area contributed by atoms with Crippen molar-refractivity contribution < 1.29 is 24.2 Å². The number of hydrogen-bond donors (Lipinski definition) is 2. The Hall–Kier alpha value is -1.79. The zero-order valence-corrected chi connectivity index (χ0v) is 13.7. The van der Waals surface area contributed by atoms with Crippen molar-refractivity contribution in [3.63, 3.8) is 0 Å². The van der Waals surface area contributed by atoms with E-state index in [1.54, 1.807) is 13.2 Å². The number of carboxylic acids is 1. The Labute approximate surface area is 139 Å². The average molecular weight is 342 g/mol. The highest BCUT2D eigenvalue weighted by Gasteiger charge is 2.39. The Kier molecular flexibility index (Phi) is 5.85. The fourth-order valence-electron chi connectivity index (χ4n) is 2.73. The van der Waals surface area contributed by atoms with Crippen LogP contribution in [0.25, 0.3) is 0 Å². The van der Waals surface area contributed by atoms with Gasteiger partial charge < -0.3 is 19.9 Å². The lowest BCUT2D eigenvalue weighted by atomic mass is 9.84. The van der Waals surface area contributed by atoms with E-state index in [-0.39, 0.29) is 16.7 Å². The first kappa shape index (κ1) is 17.6. The topological polar surface area (TPSA) is 84.9 Å². The van der Waals surface area contributed by atoms with E-state index in [1.807, 2.05) is 0 Å². The predicted octanol–water partition coefficient (Wildman–Crippen LogP) is 3.09. The second-order valence-corrected chi connectivity index (χ2v) is 5.95. The Bertz CT molecular complexity index is 584. The third kappa shape index (κ3) is 4.36. The number of carbonyl (C=O) groups is 2. The lowest BCUT2D eigenvalue weighted by Gasteiger charge is -2.34. The lowest BCUT2D eigenvalue weighted by Crippen LogP contribution is -2.46. The van der Waals surface area contributed by atoms with Crippen LogP contribution < -0.4 is 10.1 Å². The van der Waals surface area contributed by atoms with E-state index in [0.29, 0.717) is 18.5 Å². The van der Waals surface area contributed by atoms with E-state index in [1.165, 1.54) is 12.1 Å². The molecule has 1 amide bonds. The third-order valence-electron chi connectivity index (χ3n) is 4.01. The Morgan fingerprint density at radius 3 is 2.57 bits per heavy atom. The SMILES string of the molecule is COC1(C(=O)Nc2ccc(OCC(=O)O)c(Cl)c2)CCCCC1. The number of hydrogen-bond acceptors (Lipinski definition) is 4. The number of methoxy groups -OCH3 is 1. The number of rotatable bonds is 6. The van der Waals surface area contributed by atoms with E-state index in [4.69, 9.17) is 26.2 Å². The summed E-state index contributed by atoms with van der Waals surface area (Å²) >= 11 is 6.05. The van der Waals surface area contributed by atoms with E-state index < -0.39 is 18.2 Å². The molecule has 0 aromatic heterocycles. The molecule has 0 saturated heterocycles. The van der Waals surface area contributed by atoms with Gasteiger partial charge in [0.2, 0.25) is 0 Å². The summed E-state index contributed by atoms with van der Waals surface area (Å²) < 4.78 is 10.5. The van der Waals surface area contributed by atoms with Crippen molar-refractivity contribution in [2.24, 2.45) is 0 Å². The van der Waals surface area contributed by atoms with Crippen LogP contribution in [0.4, 0.5) is 5.69 Å². The van der Waals surface area contributed by atoms with Crippen LogP contribution in [-0.4, -0.2) is 36.3 Å². The number of nitrogens with one attached hydrogen (secondary N) is 1. The first-order chi connectivity index (χ1) is 11.0. The highest BCUT2D eigenvalue weighted by Crippen LogP contribution is 2.33. The quantitative estimate of drug-likeness (QED) is 0.830. The van der Waals surface area contributed by atoms with Crippen molar-refractivity contribution in [3.8, 4) is 5.75 Å². The van der Waals surface area contributed by atoms with Crippen LogP contribution >= 0.6 is 11.6 Å². The van der Waals surface area contributed by atoms with Crippen molar-refractivity contribution >= 4 is 29.2 Å². The van der Waals surface area contributed by atoms with Crippen molar-refractivity contribution in [3.05, 3.63) is 23.2 Å². The summed E-state index contributed by atoms with van der Waals surface area (Å²) in [5.41, 5.74) is -0.270. The van der Waals surface area contributed by atoms with Gasteiger partial charge in [-0.25, -0.2) is 4.79 Å². The number of carboxylic acid groups (broad SMARTS) is 1. The number of ether oxygens (including phenoxy) is 2. The fourth-order valence-corrected chi connectivity index (χ4v) is 2.96. The second kappa shape index (κ2) is 7.66. The van der Waals surface area contributed by atoms with Crippen LogP contribution in [0.15, 0.2) is 18.2 Å². The molecule has 1 aromatic rings. The van der Waals surface area contributed by atoms with Gasteiger partial charge in [0.1, 0.15) is 11.4 Å². The Balaban J connectivity index is 2.06. The molecule has 0 bridgehead atoms. The molecule has 0 unspecified atom stereocenters. The van der Waals surface area contributed by atoms with E-state index in [9.17, 15) is 9.59 Å². The van der Waals surface area contributed by atoms with Crippen molar-refractivity contribution in [2.75, 3.05) is 19.0 Å². The van der Waals surface area contributed by atoms with Gasteiger partial charge in [-0.1, -0.05) is 30.9 Å². The molecule has 0 radical (unpaired) electrons. The van der Waals surface area contributed by atoms with Gasteiger partial charge in [-0.2, -0.15) is 0 Å². The summed E-state index contributed by atoms with van der Waals surface area (Å²) in [6.07, 6.45) is 4.43. The maximum absolute atomic E-state index is 12.5. The maximum atomic E-state index is 12.5. The summed E-state index contributed by atoms with van der Waals surface area (Å²) in [7, 11) is 1.56. The van der Waals surface area contributed by atoms with Gasteiger partial charge in [-0.15, -0.1) is 0 Å². The first-order valence-electron chi connectivity index (χ1n) is 7.47. The number of aliphatic carboxylic acids is 1. The first-order valence-corrected chi connectivity index (χ1v) is 7.85. The minimum Gasteiger partial charge on any atom is -0.480 e. The predicted molar refractivity (Wildman–Crippen MR) is 86.0 cm³/mol. The molecular weight excluding hydrogens is 322 g/mol. The second-order valence-electron chi connectivity index (χ2n) is 5.54. The summed E-state index contributed by atoms with van der Waals surface area (Å²) in [5, 5.41) is 11.7. The summed E-state index contributed by atoms with van der Waals surface area (Å²) in [6, 6.07) is 4.68. The Morgan fingerprint density at radius 1 is 1.30 bits per heavy atom. The zero-order valence-electron chi connectivity index (χ0n) is 12.9. The van der Waals surface area contributed by atoms with Gasteiger partial charge in [-0.3, -0.25) is 4.79 Å². The van der Waals surface area contributed by atoms with E-state index in [2.05, 4.69) is 5.32 Å². The molecule has 1 fully saturated rings. The largest absolute Gasteiger partial charge is 0.480 e. The van der Waals surface area contributed by atoms with Gasteiger partial charge >= 0.3 is 5.97 Å². The standard InChI is InChI=1S/C16H20ClNO5/c1-22-16(7-3-2-4-8-16)15(21)18-11-5-6-13(12(17)9-11)23-10-14(19)20/h5-6,9H,2-4,7-8,10H2,1H3,(H,18,21)(H,19,20). The number of benzene rings is 1.